The Morgan fingerprint density at radius 3 is 2.75 bits per heavy atom. The van der Waals surface area contributed by atoms with Gasteiger partial charge in [0.2, 0.25) is 5.91 Å². The highest BCUT2D eigenvalue weighted by Gasteiger charge is 2.20. The summed E-state index contributed by atoms with van der Waals surface area (Å²) in [5, 5.41) is 0. The van der Waals surface area contributed by atoms with Crippen LogP contribution < -0.4 is 10.6 Å². The highest BCUT2D eigenvalue weighted by molar-refractivity contribution is 5.81. The third kappa shape index (κ3) is 3.59. The first-order valence-electron chi connectivity index (χ1n) is 7.22. The van der Waals surface area contributed by atoms with Crippen molar-refractivity contribution in [2.75, 3.05) is 37.3 Å². The van der Waals surface area contributed by atoms with E-state index in [1.807, 2.05) is 16.8 Å². The van der Waals surface area contributed by atoms with Gasteiger partial charge in [0.15, 0.2) is 0 Å². The fourth-order valence-corrected chi connectivity index (χ4v) is 2.38. The predicted molar refractivity (Wildman–Crippen MR) is 79.5 cm³/mol. The number of anilines is 2. The Bertz CT molecular complexity index is 471. The highest BCUT2D eigenvalue weighted by Crippen LogP contribution is 2.15. The number of hydrogen-bond donors (Lipinski definition) is 1. The second-order valence-electron chi connectivity index (χ2n) is 5.26. The molecule has 0 atom stereocenters. The number of amides is 1. The normalized spacial score (nSPS) is 14.6. The molecule has 0 spiro atoms. The number of carbonyl (C=O) groups excluding carboxylic acids is 1. The lowest BCUT2D eigenvalue weighted by Crippen LogP contribution is -2.37. The predicted octanol–water partition coefficient (Wildman–Crippen LogP) is 1.07. The zero-order valence-electron chi connectivity index (χ0n) is 12.3. The van der Waals surface area contributed by atoms with E-state index in [-0.39, 0.29) is 5.91 Å². The third-order valence-electron chi connectivity index (χ3n) is 3.47. The summed E-state index contributed by atoms with van der Waals surface area (Å²) in [4.78, 5) is 24.6. The second-order valence-corrected chi connectivity index (χ2v) is 5.26. The van der Waals surface area contributed by atoms with Gasteiger partial charge in [-0.3, -0.25) is 4.79 Å². The molecule has 1 amide bonds. The summed E-state index contributed by atoms with van der Waals surface area (Å²) in [5.74, 6) is 2.06. The molecule has 1 aromatic rings. The van der Waals surface area contributed by atoms with Crippen molar-refractivity contribution in [1.82, 2.24) is 14.9 Å². The number of likely N-dealkylation sites (tertiary alicyclic amines) is 1. The molecule has 0 aliphatic carbocycles. The Kier molecular flexibility index (Phi) is 4.76. The quantitative estimate of drug-likeness (QED) is 0.871. The lowest BCUT2D eigenvalue weighted by atomic mass is 10.3. The van der Waals surface area contributed by atoms with Gasteiger partial charge in [0.25, 0.3) is 0 Å². The van der Waals surface area contributed by atoms with Crippen LogP contribution >= 0.6 is 0 Å². The van der Waals surface area contributed by atoms with E-state index in [9.17, 15) is 4.79 Å². The van der Waals surface area contributed by atoms with Crippen LogP contribution in [0.2, 0.25) is 0 Å². The number of nitrogen functional groups attached to an aromatic ring is 1. The topological polar surface area (TPSA) is 75.3 Å². The molecule has 6 nitrogen and oxygen atoms in total. The van der Waals surface area contributed by atoms with Gasteiger partial charge in [-0.1, -0.05) is 6.92 Å². The maximum absolute atomic E-state index is 12.1. The molecule has 1 aromatic heterocycles. The van der Waals surface area contributed by atoms with Crippen LogP contribution in [0, 0.1) is 0 Å². The van der Waals surface area contributed by atoms with Crippen LogP contribution in [-0.2, 0) is 11.2 Å². The van der Waals surface area contributed by atoms with Gasteiger partial charge in [-0.05, 0) is 19.3 Å². The van der Waals surface area contributed by atoms with Crippen LogP contribution in [0.5, 0.6) is 0 Å². The maximum atomic E-state index is 12.1. The van der Waals surface area contributed by atoms with E-state index in [1.165, 1.54) is 0 Å². The van der Waals surface area contributed by atoms with Crippen molar-refractivity contribution >= 4 is 17.5 Å². The number of rotatable bonds is 5. The molecule has 2 rings (SSSR count). The van der Waals surface area contributed by atoms with Gasteiger partial charge < -0.3 is 15.5 Å². The Morgan fingerprint density at radius 1 is 1.40 bits per heavy atom. The number of likely N-dealkylation sites (N-methyl/N-ethyl adjacent to an activating group) is 1. The van der Waals surface area contributed by atoms with Crippen LogP contribution in [0.4, 0.5) is 11.6 Å². The van der Waals surface area contributed by atoms with E-state index >= 15 is 0 Å². The van der Waals surface area contributed by atoms with Crippen LogP contribution in [0.1, 0.15) is 32.0 Å². The van der Waals surface area contributed by atoms with Crippen LogP contribution in [-0.4, -0.2) is 47.5 Å². The zero-order valence-corrected chi connectivity index (χ0v) is 12.3. The number of carbonyl (C=O) groups is 1. The van der Waals surface area contributed by atoms with Gasteiger partial charge in [0.05, 0.1) is 6.54 Å². The monoisotopic (exact) mass is 277 g/mol. The smallest absolute Gasteiger partial charge is 0.242 e. The molecule has 0 unspecified atom stereocenters. The largest absolute Gasteiger partial charge is 0.384 e. The van der Waals surface area contributed by atoms with Crippen molar-refractivity contribution in [1.29, 1.82) is 0 Å². The first-order chi connectivity index (χ1) is 9.60. The Balaban J connectivity index is 2.04. The van der Waals surface area contributed by atoms with Gasteiger partial charge in [-0.25, -0.2) is 9.97 Å². The van der Waals surface area contributed by atoms with Gasteiger partial charge in [-0.2, -0.15) is 0 Å². The first kappa shape index (κ1) is 14.6. The molecule has 2 heterocycles. The third-order valence-corrected chi connectivity index (χ3v) is 3.47. The molecule has 0 bridgehead atoms. The number of nitrogens with two attached hydrogens (primary N) is 1. The van der Waals surface area contributed by atoms with Gasteiger partial charge in [0, 0.05) is 32.6 Å². The number of aryl methyl sites for hydroxylation is 1. The lowest BCUT2D eigenvalue weighted by molar-refractivity contribution is -0.128. The van der Waals surface area contributed by atoms with E-state index in [4.69, 9.17) is 5.73 Å². The fourth-order valence-electron chi connectivity index (χ4n) is 2.38. The molecule has 0 aromatic carbocycles. The van der Waals surface area contributed by atoms with Crippen molar-refractivity contribution < 1.29 is 4.79 Å². The number of aromatic nitrogens is 2. The molecule has 6 heteroatoms. The molecule has 1 saturated heterocycles. The average molecular weight is 277 g/mol. The van der Waals surface area contributed by atoms with Gasteiger partial charge in [-0.15, -0.1) is 0 Å². The van der Waals surface area contributed by atoms with Crippen molar-refractivity contribution in [3.63, 3.8) is 0 Å². The molecule has 2 N–H and O–H groups in total. The van der Waals surface area contributed by atoms with Crippen LogP contribution in [0.15, 0.2) is 6.07 Å². The van der Waals surface area contributed by atoms with E-state index in [0.717, 1.165) is 44.6 Å². The van der Waals surface area contributed by atoms with E-state index in [1.54, 1.807) is 6.07 Å². The highest BCUT2D eigenvalue weighted by atomic mass is 16.2. The molecule has 1 aliphatic rings. The first-order valence-corrected chi connectivity index (χ1v) is 7.22. The minimum absolute atomic E-state index is 0.152. The molecule has 20 heavy (non-hydrogen) atoms. The van der Waals surface area contributed by atoms with Crippen molar-refractivity contribution in [2.45, 2.75) is 32.6 Å². The number of hydrogen-bond acceptors (Lipinski definition) is 5. The standard InChI is InChI=1S/C14H23N5O/c1-3-6-12-16-11(15)9-13(17-12)18(2)10-14(20)19-7-4-5-8-19/h9H,3-8,10H2,1-2H3,(H2,15,16,17). The lowest BCUT2D eigenvalue weighted by Gasteiger charge is -2.22. The molecule has 0 radical (unpaired) electrons. The van der Waals surface area contributed by atoms with Crippen molar-refractivity contribution in [3.8, 4) is 0 Å². The van der Waals surface area contributed by atoms with Gasteiger partial charge >= 0.3 is 0 Å². The molecule has 110 valence electrons. The minimum atomic E-state index is 0.152. The van der Waals surface area contributed by atoms with E-state index in [2.05, 4.69) is 16.9 Å². The summed E-state index contributed by atoms with van der Waals surface area (Å²) >= 11 is 0. The molecular formula is C14H23N5O. The minimum Gasteiger partial charge on any atom is -0.384 e. The van der Waals surface area contributed by atoms with Crippen molar-refractivity contribution in [2.24, 2.45) is 0 Å². The summed E-state index contributed by atoms with van der Waals surface area (Å²) in [5.41, 5.74) is 5.81. The van der Waals surface area contributed by atoms with Crippen molar-refractivity contribution in [3.05, 3.63) is 11.9 Å². The van der Waals surface area contributed by atoms with Crippen LogP contribution in [0.25, 0.3) is 0 Å². The second kappa shape index (κ2) is 6.54. The molecule has 1 fully saturated rings. The van der Waals surface area contributed by atoms with Crippen LogP contribution in [0.3, 0.4) is 0 Å². The summed E-state index contributed by atoms with van der Waals surface area (Å²) in [7, 11) is 1.87. The Labute approximate surface area is 120 Å². The molecule has 0 saturated carbocycles. The average Bonchev–Trinajstić information content (AvgIpc) is 2.92. The van der Waals surface area contributed by atoms with E-state index in [0.29, 0.717) is 18.2 Å². The van der Waals surface area contributed by atoms with E-state index < -0.39 is 0 Å². The zero-order chi connectivity index (χ0) is 14.5. The Hall–Kier alpha value is -1.85. The van der Waals surface area contributed by atoms with Gasteiger partial charge in [0.1, 0.15) is 17.5 Å². The SMILES string of the molecule is CCCc1nc(N)cc(N(C)CC(=O)N2CCCC2)n1. The summed E-state index contributed by atoms with van der Waals surface area (Å²) in [6.07, 6.45) is 3.98. The fraction of sp³-hybridized carbons (Fsp3) is 0.643. The summed E-state index contributed by atoms with van der Waals surface area (Å²) < 4.78 is 0. The molecular weight excluding hydrogens is 254 g/mol. The maximum Gasteiger partial charge on any atom is 0.242 e. The number of nitrogens with zero attached hydrogens (tertiary/aromatic N) is 4. The summed E-state index contributed by atoms with van der Waals surface area (Å²) in [6.45, 7) is 4.16. The molecule has 1 aliphatic heterocycles. The summed E-state index contributed by atoms with van der Waals surface area (Å²) in [6, 6.07) is 1.72. The Morgan fingerprint density at radius 2 is 2.10 bits per heavy atom.